The van der Waals surface area contributed by atoms with E-state index in [1.807, 2.05) is 13.8 Å². The van der Waals surface area contributed by atoms with Crippen LogP contribution in [0.1, 0.15) is 27.7 Å². The van der Waals surface area contributed by atoms with Crippen molar-refractivity contribution in [3.63, 3.8) is 0 Å². The molecule has 0 aromatic heterocycles. The number of ether oxygens (including phenoxy) is 1. The smallest absolute Gasteiger partial charge is 0.227 e. The number of carbonyl (C=O) groups excluding carboxylic acids is 1. The molecule has 0 atom stereocenters. The summed E-state index contributed by atoms with van der Waals surface area (Å²) in [6.07, 6.45) is 0. The van der Waals surface area contributed by atoms with E-state index in [0.29, 0.717) is 12.5 Å². The van der Waals surface area contributed by atoms with Gasteiger partial charge in [0.2, 0.25) is 5.91 Å². The van der Waals surface area contributed by atoms with Gasteiger partial charge in [-0.15, -0.1) is 24.0 Å². The largest absolute Gasteiger partial charge is 0.379 e. The van der Waals surface area contributed by atoms with Crippen molar-refractivity contribution >= 4 is 35.8 Å². The Morgan fingerprint density at radius 3 is 2.17 bits per heavy atom. The van der Waals surface area contributed by atoms with Gasteiger partial charge in [0, 0.05) is 45.8 Å². The maximum Gasteiger partial charge on any atom is 0.227 e. The molecule has 1 heterocycles. The lowest BCUT2D eigenvalue weighted by molar-refractivity contribution is -0.128. The standard InChI is InChI=1S/C16H33N5O2.HI/c1-15(2,13(22)17-5)11-19-14(18-6)20-12-16(3,4)21-7-9-23-10-8-21;/h7-12H2,1-6H3,(H,17,22)(H2,18,19,20);1H. The van der Waals surface area contributed by atoms with Crippen molar-refractivity contribution in [1.29, 1.82) is 0 Å². The van der Waals surface area contributed by atoms with Crippen LogP contribution in [0.2, 0.25) is 0 Å². The molecule has 0 unspecified atom stereocenters. The summed E-state index contributed by atoms with van der Waals surface area (Å²) in [5.74, 6) is 0.720. The summed E-state index contributed by atoms with van der Waals surface area (Å²) < 4.78 is 5.41. The zero-order valence-electron chi connectivity index (χ0n) is 15.9. The molecule has 1 aliphatic heterocycles. The van der Waals surface area contributed by atoms with Crippen LogP contribution in [0.15, 0.2) is 4.99 Å². The van der Waals surface area contributed by atoms with Gasteiger partial charge < -0.3 is 20.7 Å². The minimum absolute atomic E-state index is 0. The average molecular weight is 455 g/mol. The van der Waals surface area contributed by atoms with Crippen LogP contribution >= 0.6 is 24.0 Å². The van der Waals surface area contributed by atoms with E-state index in [4.69, 9.17) is 4.74 Å². The highest BCUT2D eigenvalue weighted by Crippen LogP contribution is 2.15. The van der Waals surface area contributed by atoms with E-state index in [1.54, 1.807) is 14.1 Å². The fraction of sp³-hybridized carbons (Fsp3) is 0.875. The molecule has 1 amide bonds. The summed E-state index contributed by atoms with van der Waals surface area (Å²) in [4.78, 5) is 18.5. The number of hydrogen-bond donors (Lipinski definition) is 3. The average Bonchev–Trinajstić information content (AvgIpc) is 2.54. The molecule has 142 valence electrons. The minimum Gasteiger partial charge on any atom is -0.379 e. The molecule has 24 heavy (non-hydrogen) atoms. The van der Waals surface area contributed by atoms with Crippen LogP contribution in [0, 0.1) is 5.41 Å². The van der Waals surface area contributed by atoms with E-state index in [0.717, 1.165) is 32.8 Å². The van der Waals surface area contributed by atoms with Crippen LogP contribution in [0.4, 0.5) is 0 Å². The first-order valence-electron chi connectivity index (χ1n) is 8.22. The monoisotopic (exact) mass is 455 g/mol. The number of hydrogen-bond acceptors (Lipinski definition) is 4. The van der Waals surface area contributed by atoms with Crippen molar-refractivity contribution in [3.05, 3.63) is 0 Å². The molecule has 0 spiro atoms. The molecule has 8 heteroatoms. The highest BCUT2D eigenvalue weighted by molar-refractivity contribution is 14.0. The van der Waals surface area contributed by atoms with Gasteiger partial charge >= 0.3 is 0 Å². The molecule has 7 nitrogen and oxygen atoms in total. The second kappa shape index (κ2) is 10.4. The van der Waals surface area contributed by atoms with Crippen LogP contribution in [0.3, 0.4) is 0 Å². The third-order valence-corrected chi connectivity index (χ3v) is 4.32. The number of nitrogens with one attached hydrogen (secondary N) is 3. The number of guanidine groups is 1. The van der Waals surface area contributed by atoms with Gasteiger partial charge in [0.1, 0.15) is 0 Å². The molecule has 0 radical (unpaired) electrons. The van der Waals surface area contributed by atoms with Crippen molar-refractivity contribution in [3.8, 4) is 0 Å². The molecule has 1 rings (SSSR count). The summed E-state index contributed by atoms with van der Waals surface area (Å²) in [6, 6.07) is 0. The fourth-order valence-electron chi connectivity index (χ4n) is 2.52. The third-order valence-electron chi connectivity index (χ3n) is 4.32. The highest BCUT2D eigenvalue weighted by atomic mass is 127. The minimum atomic E-state index is -0.494. The molecule has 1 saturated heterocycles. The predicted octanol–water partition coefficient (Wildman–Crippen LogP) is 0.652. The van der Waals surface area contributed by atoms with Crippen LogP contribution in [0.5, 0.6) is 0 Å². The summed E-state index contributed by atoms with van der Waals surface area (Å²) in [6.45, 7) is 13.0. The van der Waals surface area contributed by atoms with Gasteiger partial charge in [-0.1, -0.05) is 0 Å². The van der Waals surface area contributed by atoms with Gasteiger partial charge in [0.05, 0.1) is 18.6 Å². The molecule has 1 aliphatic rings. The van der Waals surface area contributed by atoms with Crippen molar-refractivity contribution < 1.29 is 9.53 Å². The number of aliphatic imine (C=N–C) groups is 1. The lowest BCUT2D eigenvalue weighted by atomic mass is 9.92. The Kier molecular flexibility index (Phi) is 10.1. The first-order chi connectivity index (χ1) is 10.7. The van der Waals surface area contributed by atoms with Crippen molar-refractivity contribution in [2.24, 2.45) is 10.4 Å². The second-order valence-electron chi connectivity index (χ2n) is 7.15. The van der Waals surface area contributed by atoms with Gasteiger partial charge in [-0.2, -0.15) is 0 Å². The van der Waals surface area contributed by atoms with Gasteiger partial charge in [0.25, 0.3) is 0 Å². The van der Waals surface area contributed by atoms with Crippen LogP contribution in [-0.4, -0.2) is 75.8 Å². The number of morpholine rings is 1. The fourth-order valence-corrected chi connectivity index (χ4v) is 2.52. The maximum atomic E-state index is 11.8. The van der Waals surface area contributed by atoms with E-state index < -0.39 is 5.41 Å². The summed E-state index contributed by atoms with van der Waals surface area (Å²) >= 11 is 0. The zero-order chi connectivity index (χ0) is 17.5. The molecule has 0 bridgehead atoms. The van der Waals surface area contributed by atoms with Gasteiger partial charge in [0.15, 0.2) is 5.96 Å². The Balaban J connectivity index is 0.00000529. The number of carbonyl (C=O) groups is 1. The molecular weight excluding hydrogens is 421 g/mol. The molecular formula is C16H34IN5O2. The molecule has 0 aliphatic carbocycles. The normalized spacial score (nSPS) is 17.0. The van der Waals surface area contributed by atoms with Crippen LogP contribution in [-0.2, 0) is 9.53 Å². The van der Waals surface area contributed by atoms with E-state index in [9.17, 15) is 4.79 Å². The van der Waals surface area contributed by atoms with E-state index in [1.165, 1.54) is 0 Å². The molecule has 0 aromatic carbocycles. The summed E-state index contributed by atoms with van der Waals surface area (Å²) in [5, 5.41) is 9.29. The van der Waals surface area contributed by atoms with Gasteiger partial charge in [-0.3, -0.25) is 14.7 Å². The Hall–Kier alpha value is -0.610. The highest BCUT2D eigenvalue weighted by Gasteiger charge is 2.29. The van der Waals surface area contributed by atoms with E-state index in [-0.39, 0.29) is 35.4 Å². The topological polar surface area (TPSA) is 78.0 Å². The van der Waals surface area contributed by atoms with Crippen molar-refractivity contribution in [2.45, 2.75) is 33.2 Å². The van der Waals surface area contributed by atoms with Crippen molar-refractivity contribution in [1.82, 2.24) is 20.9 Å². The Morgan fingerprint density at radius 1 is 1.12 bits per heavy atom. The van der Waals surface area contributed by atoms with Gasteiger partial charge in [-0.25, -0.2) is 0 Å². The number of amides is 1. The Bertz CT molecular complexity index is 421. The first-order valence-corrected chi connectivity index (χ1v) is 8.22. The number of halogens is 1. The Labute approximate surface area is 163 Å². The zero-order valence-corrected chi connectivity index (χ0v) is 18.2. The lowest BCUT2D eigenvalue weighted by Gasteiger charge is -2.41. The number of nitrogens with zero attached hydrogens (tertiary/aromatic N) is 2. The summed E-state index contributed by atoms with van der Waals surface area (Å²) in [5.41, 5.74) is -0.482. The van der Waals surface area contributed by atoms with E-state index >= 15 is 0 Å². The maximum absolute atomic E-state index is 11.8. The molecule has 3 N–H and O–H groups in total. The SMILES string of the molecule is CN=C(NCC(C)(C)C(=O)NC)NCC(C)(C)N1CCOCC1.I. The lowest BCUT2D eigenvalue weighted by Crippen LogP contribution is -2.57. The van der Waals surface area contributed by atoms with Crippen LogP contribution < -0.4 is 16.0 Å². The summed E-state index contributed by atoms with van der Waals surface area (Å²) in [7, 11) is 3.39. The molecule has 0 aromatic rings. The first kappa shape index (κ1) is 23.4. The van der Waals surface area contributed by atoms with Gasteiger partial charge in [-0.05, 0) is 27.7 Å². The predicted molar refractivity (Wildman–Crippen MR) is 109 cm³/mol. The van der Waals surface area contributed by atoms with E-state index in [2.05, 4.69) is 39.7 Å². The van der Waals surface area contributed by atoms with Crippen molar-refractivity contribution in [2.75, 3.05) is 53.5 Å². The van der Waals surface area contributed by atoms with Crippen LogP contribution in [0.25, 0.3) is 0 Å². The third kappa shape index (κ3) is 7.10. The molecule has 1 fully saturated rings. The quantitative estimate of drug-likeness (QED) is 0.312. The second-order valence-corrected chi connectivity index (χ2v) is 7.15. The number of rotatable bonds is 6. The molecule has 0 saturated carbocycles. The Morgan fingerprint density at radius 2 is 1.67 bits per heavy atom.